The van der Waals surface area contributed by atoms with Crippen molar-refractivity contribution in [2.24, 2.45) is 0 Å². The Labute approximate surface area is 105 Å². The van der Waals surface area contributed by atoms with Gasteiger partial charge in [-0.3, -0.25) is 4.79 Å². The average Bonchev–Trinajstić information content (AvgIpc) is 2.24. The first-order chi connectivity index (χ1) is 8.02. The van der Waals surface area contributed by atoms with Crippen LogP contribution in [-0.4, -0.2) is 75.7 Å². The summed E-state index contributed by atoms with van der Waals surface area (Å²) in [6.45, 7) is 7.46. The van der Waals surface area contributed by atoms with Crippen LogP contribution in [0.2, 0.25) is 0 Å². The summed E-state index contributed by atoms with van der Waals surface area (Å²) in [6.07, 6.45) is 0. The molecule has 0 rings (SSSR count). The minimum absolute atomic E-state index is 0.151. The highest BCUT2D eigenvalue weighted by Crippen LogP contribution is 2.00. The van der Waals surface area contributed by atoms with Crippen molar-refractivity contribution < 1.29 is 9.53 Å². The lowest BCUT2D eigenvalue weighted by Gasteiger charge is -2.30. The third-order valence-corrected chi connectivity index (χ3v) is 2.58. The lowest BCUT2D eigenvalue weighted by atomic mass is 10.2. The average molecular weight is 245 g/mol. The van der Waals surface area contributed by atoms with Crippen molar-refractivity contribution in [2.75, 3.05) is 54.0 Å². The maximum absolute atomic E-state index is 12.0. The zero-order valence-corrected chi connectivity index (χ0v) is 11.8. The van der Waals surface area contributed by atoms with Gasteiger partial charge in [0.2, 0.25) is 5.91 Å². The van der Waals surface area contributed by atoms with Gasteiger partial charge in [0.25, 0.3) is 0 Å². The molecule has 0 saturated heterocycles. The molecule has 0 saturated carbocycles. The minimum atomic E-state index is 0.151. The van der Waals surface area contributed by atoms with Crippen molar-refractivity contribution in [2.45, 2.75) is 19.9 Å². The van der Waals surface area contributed by atoms with Crippen molar-refractivity contribution >= 4 is 5.91 Å². The first-order valence-electron chi connectivity index (χ1n) is 6.16. The molecule has 0 radical (unpaired) electrons. The van der Waals surface area contributed by atoms with E-state index in [1.54, 1.807) is 7.11 Å². The van der Waals surface area contributed by atoms with Crippen LogP contribution in [0.1, 0.15) is 13.8 Å². The van der Waals surface area contributed by atoms with Crippen LogP contribution in [0.15, 0.2) is 0 Å². The van der Waals surface area contributed by atoms with Crippen molar-refractivity contribution in [3.05, 3.63) is 0 Å². The van der Waals surface area contributed by atoms with Gasteiger partial charge < -0.3 is 19.9 Å². The van der Waals surface area contributed by atoms with E-state index in [2.05, 4.69) is 17.1 Å². The van der Waals surface area contributed by atoms with Crippen molar-refractivity contribution in [1.82, 2.24) is 15.1 Å². The summed E-state index contributed by atoms with van der Waals surface area (Å²) in [5.41, 5.74) is 0. The van der Waals surface area contributed by atoms with Gasteiger partial charge in [0.15, 0.2) is 0 Å². The predicted molar refractivity (Wildman–Crippen MR) is 70.1 cm³/mol. The summed E-state index contributed by atoms with van der Waals surface area (Å²) < 4.78 is 4.92. The molecule has 1 unspecified atom stereocenters. The van der Waals surface area contributed by atoms with E-state index in [0.717, 1.165) is 13.1 Å². The van der Waals surface area contributed by atoms with Gasteiger partial charge in [-0.15, -0.1) is 0 Å². The molecule has 1 N–H and O–H groups in total. The highest BCUT2D eigenvalue weighted by molar-refractivity contribution is 5.78. The number of hydrogen-bond acceptors (Lipinski definition) is 4. The van der Waals surface area contributed by atoms with E-state index < -0.39 is 0 Å². The molecule has 0 aliphatic heterocycles. The largest absolute Gasteiger partial charge is 0.383 e. The molecule has 0 bridgehead atoms. The first-order valence-corrected chi connectivity index (χ1v) is 6.16. The summed E-state index contributed by atoms with van der Waals surface area (Å²) in [4.78, 5) is 16.0. The van der Waals surface area contributed by atoms with Crippen LogP contribution in [0.3, 0.4) is 0 Å². The van der Waals surface area contributed by atoms with Gasteiger partial charge in [0.1, 0.15) is 0 Å². The maximum atomic E-state index is 12.0. The fraction of sp³-hybridized carbons (Fsp3) is 0.917. The van der Waals surface area contributed by atoms with Crippen molar-refractivity contribution in [1.29, 1.82) is 0 Å². The molecule has 0 heterocycles. The van der Waals surface area contributed by atoms with E-state index in [-0.39, 0.29) is 11.9 Å². The normalized spacial score (nSPS) is 12.8. The van der Waals surface area contributed by atoms with Gasteiger partial charge >= 0.3 is 0 Å². The molecule has 0 spiro atoms. The molecule has 102 valence electrons. The molecule has 1 amide bonds. The molecule has 1 atom stereocenters. The van der Waals surface area contributed by atoms with Gasteiger partial charge in [-0.05, 0) is 27.9 Å². The van der Waals surface area contributed by atoms with E-state index in [0.29, 0.717) is 19.7 Å². The van der Waals surface area contributed by atoms with Gasteiger partial charge in [-0.1, -0.05) is 0 Å². The van der Waals surface area contributed by atoms with Gasteiger partial charge in [0.05, 0.1) is 13.2 Å². The Morgan fingerprint density at radius 2 is 2.06 bits per heavy atom. The Bertz CT molecular complexity index is 210. The van der Waals surface area contributed by atoms with E-state index >= 15 is 0 Å². The molecule has 5 nitrogen and oxygen atoms in total. The molecular weight excluding hydrogens is 218 g/mol. The van der Waals surface area contributed by atoms with Crippen LogP contribution >= 0.6 is 0 Å². The molecule has 0 aromatic heterocycles. The Hall–Kier alpha value is -0.650. The molecule has 17 heavy (non-hydrogen) atoms. The van der Waals surface area contributed by atoms with Crippen LogP contribution in [0.4, 0.5) is 0 Å². The molecule has 5 heteroatoms. The van der Waals surface area contributed by atoms with Crippen LogP contribution in [0.25, 0.3) is 0 Å². The number of methoxy groups -OCH3 is 1. The Morgan fingerprint density at radius 3 is 2.53 bits per heavy atom. The third-order valence-electron chi connectivity index (χ3n) is 2.58. The number of likely N-dealkylation sites (N-methyl/N-ethyl adjacent to an activating group) is 2. The van der Waals surface area contributed by atoms with Gasteiger partial charge in [-0.25, -0.2) is 0 Å². The van der Waals surface area contributed by atoms with Crippen LogP contribution in [0.5, 0.6) is 0 Å². The maximum Gasteiger partial charge on any atom is 0.236 e. The number of rotatable bonds is 9. The topological polar surface area (TPSA) is 44.8 Å². The Morgan fingerprint density at radius 1 is 1.41 bits per heavy atom. The second kappa shape index (κ2) is 9.39. The minimum Gasteiger partial charge on any atom is -0.383 e. The molecule has 0 aromatic carbocycles. The lowest BCUT2D eigenvalue weighted by Crippen LogP contribution is -2.47. The molecular formula is C12H27N3O2. The quantitative estimate of drug-likeness (QED) is 0.582. The van der Waals surface area contributed by atoms with E-state index in [1.807, 2.05) is 25.9 Å². The predicted octanol–water partition coefficient (Wildman–Crippen LogP) is 0.0210. The zero-order chi connectivity index (χ0) is 13.3. The van der Waals surface area contributed by atoms with Gasteiger partial charge in [-0.2, -0.15) is 0 Å². The molecule has 0 aliphatic rings. The van der Waals surface area contributed by atoms with Crippen LogP contribution in [-0.2, 0) is 9.53 Å². The lowest BCUT2D eigenvalue weighted by molar-refractivity contribution is -0.132. The van der Waals surface area contributed by atoms with Crippen LogP contribution in [0, 0.1) is 0 Å². The van der Waals surface area contributed by atoms with E-state index in [9.17, 15) is 4.79 Å². The fourth-order valence-corrected chi connectivity index (χ4v) is 1.83. The number of amides is 1. The fourth-order valence-electron chi connectivity index (χ4n) is 1.83. The standard InChI is InChI=1S/C12H27N3O2/c1-6-15(11(2)10-14(3)4)12(16)9-13-7-8-17-5/h11,13H,6-10H2,1-5H3. The Balaban J connectivity index is 4.02. The van der Waals surface area contributed by atoms with Crippen molar-refractivity contribution in [3.8, 4) is 0 Å². The zero-order valence-electron chi connectivity index (χ0n) is 11.8. The van der Waals surface area contributed by atoms with Crippen molar-refractivity contribution in [3.63, 3.8) is 0 Å². The molecule has 0 fully saturated rings. The number of hydrogen-bond donors (Lipinski definition) is 1. The summed E-state index contributed by atoms with van der Waals surface area (Å²) in [5.74, 6) is 0.151. The number of nitrogens with zero attached hydrogens (tertiary/aromatic N) is 2. The van der Waals surface area contributed by atoms with Crippen LogP contribution < -0.4 is 5.32 Å². The molecule has 0 aliphatic carbocycles. The monoisotopic (exact) mass is 245 g/mol. The third kappa shape index (κ3) is 7.31. The second-order valence-corrected chi connectivity index (χ2v) is 4.46. The molecule has 0 aromatic rings. The number of ether oxygens (including phenoxy) is 1. The summed E-state index contributed by atoms with van der Waals surface area (Å²) in [5, 5.41) is 3.08. The van der Waals surface area contributed by atoms with E-state index in [1.165, 1.54) is 0 Å². The number of nitrogens with one attached hydrogen (secondary N) is 1. The highest BCUT2D eigenvalue weighted by Gasteiger charge is 2.18. The Kier molecular flexibility index (Phi) is 9.03. The second-order valence-electron chi connectivity index (χ2n) is 4.46. The highest BCUT2D eigenvalue weighted by atomic mass is 16.5. The van der Waals surface area contributed by atoms with E-state index in [4.69, 9.17) is 4.74 Å². The first kappa shape index (κ1) is 16.4. The SMILES string of the molecule is CCN(C(=O)CNCCOC)C(C)CN(C)C. The smallest absolute Gasteiger partial charge is 0.236 e. The number of carbonyl (C=O) groups is 1. The summed E-state index contributed by atoms with van der Waals surface area (Å²) in [6, 6.07) is 0.242. The number of carbonyl (C=O) groups excluding carboxylic acids is 1. The van der Waals surface area contributed by atoms with Gasteiger partial charge in [0, 0.05) is 32.8 Å². The summed E-state index contributed by atoms with van der Waals surface area (Å²) >= 11 is 0. The summed E-state index contributed by atoms with van der Waals surface area (Å²) in [7, 11) is 5.69.